The summed E-state index contributed by atoms with van der Waals surface area (Å²) in [5.74, 6) is 0.271. The molecule has 17 heavy (non-hydrogen) atoms. The number of aliphatic hydroxyl groups excluding tert-OH is 1. The molecule has 0 aliphatic carbocycles. The van der Waals surface area contributed by atoms with Gasteiger partial charge in [-0.2, -0.15) is 13.2 Å². The van der Waals surface area contributed by atoms with Gasteiger partial charge in [0, 0.05) is 10.0 Å². The Morgan fingerprint density at radius 2 is 2.06 bits per heavy atom. The van der Waals surface area contributed by atoms with Crippen molar-refractivity contribution >= 4 is 15.9 Å². The highest BCUT2D eigenvalue weighted by Gasteiger charge is 2.32. The first-order valence-corrected chi connectivity index (χ1v) is 5.80. The van der Waals surface area contributed by atoms with Crippen molar-refractivity contribution in [2.45, 2.75) is 25.6 Å². The Hall–Kier alpha value is -0.750. The maximum absolute atomic E-state index is 12.2. The minimum Gasteiger partial charge on any atom is -0.493 e. The molecule has 1 N–H and O–H groups in total. The molecule has 0 saturated heterocycles. The van der Waals surface area contributed by atoms with Gasteiger partial charge < -0.3 is 9.84 Å². The zero-order valence-corrected chi connectivity index (χ0v) is 10.7. The van der Waals surface area contributed by atoms with Crippen molar-refractivity contribution in [1.29, 1.82) is 0 Å². The van der Waals surface area contributed by atoms with E-state index in [0.29, 0.717) is 11.1 Å². The second-order valence-corrected chi connectivity index (χ2v) is 4.37. The second-order valence-electron chi connectivity index (χ2n) is 3.45. The fourth-order valence-corrected chi connectivity index (χ4v) is 1.77. The minimum absolute atomic E-state index is 0.138. The van der Waals surface area contributed by atoms with E-state index in [1.54, 1.807) is 13.0 Å². The molecule has 0 heterocycles. The van der Waals surface area contributed by atoms with Gasteiger partial charge in [0.1, 0.15) is 5.75 Å². The van der Waals surface area contributed by atoms with Crippen LogP contribution in [0.4, 0.5) is 13.2 Å². The maximum Gasteiger partial charge on any atom is 0.391 e. The first-order chi connectivity index (χ1) is 7.83. The van der Waals surface area contributed by atoms with Crippen LogP contribution in [0.25, 0.3) is 0 Å². The molecule has 96 valence electrons. The van der Waals surface area contributed by atoms with Crippen LogP contribution in [0.3, 0.4) is 0 Å². The van der Waals surface area contributed by atoms with Gasteiger partial charge in [-0.25, -0.2) is 0 Å². The van der Waals surface area contributed by atoms with E-state index in [9.17, 15) is 18.3 Å². The number of hydrogen-bond acceptors (Lipinski definition) is 2. The van der Waals surface area contributed by atoms with Crippen molar-refractivity contribution in [3.8, 4) is 5.75 Å². The Kier molecular flexibility index (Phi) is 4.82. The summed E-state index contributed by atoms with van der Waals surface area (Å²) in [7, 11) is 0. The van der Waals surface area contributed by atoms with Crippen molar-refractivity contribution in [2.24, 2.45) is 0 Å². The topological polar surface area (TPSA) is 29.5 Å². The Morgan fingerprint density at radius 3 is 2.59 bits per heavy atom. The Labute approximate surface area is 106 Å². The summed E-state index contributed by atoms with van der Waals surface area (Å²) < 4.78 is 42.4. The molecule has 6 heteroatoms. The molecule has 0 aliphatic rings. The van der Waals surface area contributed by atoms with E-state index in [1.807, 2.05) is 0 Å². The molecule has 1 rings (SSSR count). The van der Waals surface area contributed by atoms with Gasteiger partial charge in [0.2, 0.25) is 0 Å². The van der Waals surface area contributed by atoms with Crippen LogP contribution in [0, 0.1) is 0 Å². The van der Waals surface area contributed by atoms with Gasteiger partial charge in [0.15, 0.2) is 0 Å². The summed E-state index contributed by atoms with van der Waals surface area (Å²) in [6, 6.07) is 4.61. The zero-order valence-electron chi connectivity index (χ0n) is 9.09. The lowest BCUT2D eigenvalue weighted by atomic mass is 10.1. The maximum atomic E-state index is 12.2. The van der Waals surface area contributed by atoms with Crippen molar-refractivity contribution in [1.82, 2.24) is 0 Å². The van der Waals surface area contributed by atoms with E-state index in [-0.39, 0.29) is 11.3 Å². The summed E-state index contributed by atoms with van der Waals surface area (Å²) in [6.45, 7) is 2.05. The summed E-state index contributed by atoms with van der Waals surface area (Å²) in [5.41, 5.74) is 0.138. The third-order valence-electron chi connectivity index (χ3n) is 2.06. The van der Waals surface area contributed by atoms with Crippen LogP contribution in [-0.2, 0) is 0 Å². The van der Waals surface area contributed by atoms with Crippen LogP contribution in [0.15, 0.2) is 22.7 Å². The molecule has 1 atom stereocenters. The Balaban J connectivity index is 2.97. The monoisotopic (exact) mass is 312 g/mol. The number of alkyl halides is 3. The van der Waals surface area contributed by atoms with Crippen molar-refractivity contribution in [3.63, 3.8) is 0 Å². The lowest BCUT2D eigenvalue weighted by Gasteiger charge is -2.17. The average Bonchev–Trinajstić information content (AvgIpc) is 2.18. The predicted molar refractivity (Wildman–Crippen MR) is 60.9 cm³/mol. The molecule has 0 spiro atoms. The molecule has 1 aromatic carbocycles. The van der Waals surface area contributed by atoms with Crippen LogP contribution in [-0.4, -0.2) is 17.9 Å². The van der Waals surface area contributed by atoms with Crippen LogP contribution >= 0.6 is 15.9 Å². The van der Waals surface area contributed by atoms with E-state index in [4.69, 9.17) is 4.74 Å². The molecule has 0 radical (unpaired) electrons. The van der Waals surface area contributed by atoms with Gasteiger partial charge in [0.25, 0.3) is 0 Å². The summed E-state index contributed by atoms with van der Waals surface area (Å²) in [4.78, 5) is 0. The number of ether oxygens (including phenoxy) is 1. The fourth-order valence-electron chi connectivity index (χ4n) is 1.40. The van der Waals surface area contributed by atoms with Gasteiger partial charge in [-0.15, -0.1) is 0 Å². The Bertz CT molecular complexity index is 379. The zero-order chi connectivity index (χ0) is 13.1. The van der Waals surface area contributed by atoms with Gasteiger partial charge in [-0.1, -0.05) is 15.9 Å². The van der Waals surface area contributed by atoms with Crippen molar-refractivity contribution < 1.29 is 23.0 Å². The van der Waals surface area contributed by atoms with Crippen LogP contribution < -0.4 is 4.74 Å². The molecular formula is C11H12BrF3O2. The number of aliphatic hydroxyl groups is 1. The molecule has 2 nitrogen and oxygen atoms in total. The van der Waals surface area contributed by atoms with Crippen molar-refractivity contribution in [2.75, 3.05) is 6.61 Å². The second kappa shape index (κ2) is 5.73. The number of halogens is 4. The predicted octanol–water partition coefficient (Wildman–Crippen LogP) is 3.83. The molecule has 0 bridgehead atoms. The van der Waals surface area contributed by atoms with Gasteiger partial charge in [0.05, 0.1) is 19.1 Å². The van der Waals surface area contributed by atoms with E-state index in [0.717, 1.165) is 0 Å². The standard InChI is InChI=1S/C11H12BrF3O2/c1-2-17-10-4-3-7(12)5-8(10)9(16)6-11(13,14)15/h3-5,9,16H,2,6H2,1H3. The lowest BCUT2D eigenvalue weighted by Crippen LogP contribution is -2.14. The smallest absolute Gasteiger partial charge is 0.391 e. The normalized spacial score (nSPS) is 13.5. The van der Waals surface area contributed by atoms with E-state index < -0.39 is 18.7 Å². The number of benzene rings is 1. The van der Waals surface area contributed by atoms with Gasteiger partial charge in [-0.05, 0) is 25.1 Å². The minimum atomic E-state index is -4.41. The highest BCUT2D eigenvalue weighted by Crippen LogP contribution is 2.35. The lowest BCUT2D eigenvalue weighted by molar-refractivity contribution is -0.154. The first-order valence-electron chi connectivity index (χ1n) is 5.00. The third-order valence-corrected chi connectivity index (χ3v) is 2.55. The number of hydrogen-bond donors (Lipinski definition) is 1. The highest BCUT2D eigenvalue weighted by atomic mass is 79.9. The molecule has 0 saturated carbocycles. The Morgan fingerprint density at radius 1 is 1.41 bits per heavy atom. The van der Waals surface area contributed by atoms with Crippen molar-refractivity contribution in [3.05, 3.63) is 28.2 Å². The average molecular weight is 313 g/mol. The molecule has 1 unspecified atom stereocenters. The molecule has 0 fully saturated rings. The molecule has 0 amide bonds. The van der Waals surface area contributed by atoms with E-state index in [2.05, 4.69) is 15.9 Å². The largest absolute Gasteiger partial charge is 0.493 e. The molecular weight excluding hydrogens is 301 g/mol. The quantitative estimate of drug-likeness (QED) is 0.915. The third kappa shape index (κ3) is 4.55. The molecule has 0 aliphatic heterocycles. The first kappa shape index (κ1) is 14.3. The SMILES string of the molecule is CCOc1ccc(Br)cc1C(O)CC(F)(F)F. The van der Waals surface area contributed by atoms with Crippen LogP contribution in [0.2, 0.25) is 0 Å². The van der Waals surface area contributed by atoms with E-state index in [1.165, 1.54) is 12.1 Å². The molecule has 0 aromatic heterocycles. The summed E-state index contributed by atoms with van der Waals surface area (Å²) in [5, 5.41) is 9.57. The van der Waals surface area contributed by atoms with Crippen LogP contribution in [0.1, 0.15) is 25.0 Å². The van der Waals surface area contributed by atoms with Gasteiger partial charge in [-0.3, -0.25) is 0 Å². The highest BCUT2D eigenvalue weighted by molar-refractivity contribution is 9.10. The van der Waals surface area contributed by atoms with Gasteiger partial charge >= 0.3 is 6.18 Å². The number of rotatable bonds is 4. The fraction of sp³-hybridized carbons (Fsp3) is 0.455. The summed E-state index contributed by atoms with van der Waals surface area (Å²) in [6.07, 6.45) is -7.32. The van der Waals surface area contributed by atoms with E-state index >= 15 is 0 Å². The van der Waals surface area contributed by atoms with Crippen LogP contribution in [0.5, 0.6) is 5.75 Å². The molecule has 1 aromatic rings. The summed E-state index contributed by atoms with van der Waals surface area (Å²) >= 11 is 3.15.